The van der Waals surface area contributed by atoms with Gasteiger partial charge in [0.15, 0.2) is 0 Å². The van der Waals surface area contributed by atoms with Crippen molar-refractivity contribution in [1.82, 2.24) is 0 Å². The number of rotatable bonds is 1. The molecule has 1 saturated heterocycles. The van der Waals surface area contributed by atoms with Crippen molar-refractivity contribution in [2.75, 3.05) is 6.61 Å². The van der Waals surface area contributed by atoms with E-state index in [4.69, 9.17) is 3.10 Å². The monoisotopic (exact) mass is 310 g/mol. The van der Waals surface area contributed by atoms with Crippen LogP contribution in [0.2, 0.25) is 8.94 Å². The van der Waals surface area contributed by atoms with Crippen molar-refractivity contribution in [3.8, 4) is 0 Å². The van der Waals surface area contributed by atoms with Gasteiger partial charge in [-0.2, -0.15) is 0 Å². The molecule has 1 heterocycles. The molecule has 1 atom stereocenters. The molecular weight excluding hydrogens is 296 g/mol. The van der Waals surface area contributed by atoms with E-state index in [2.05, 4.69) is 19.7 Å². The molecule has 56 valence electrons. The fraction of sp³-hybridized carbons (Fsp3) is 1.00. The minimum atomic E-state index is -1.79. The van der Waals surface area contributed by atoms with E-state index in [1.807, 2.05) is 0 Å². The summed E-state index contributed by atoms with van der Waals surface area (Å²) in [5, 5.41) is 0. The van der Waals surface area contributed by atoms with E-state index in [0.29, 0.717) is 0 Å². The fourth-order valence-corrected chi connectivity index (χ4v) is 7.97. The van der Waals surface area contributed by atoms with Crippen LogP contribution in [0, 0.1) is 0 Å². The molecule has 0 aromatic rings. The van der Waals surface area contributed by atoms with Crippen LogP contribution < -0.4 is 0 Å². The van der Waals surface area contributed by atoms with Gasteiger partial charge < -0.3 is 0 Å². The molecule has 9 heavy (non-hydrogen) atoms. The van der Waals surface area contributed by atoms with Crippen LogP contribution in [0.15, 0.2) is 0 Å². The SMILES string of the molecule is CC[Te]1(Br)CCCCO1. The molecule has 1 nitrogen and oxygen atoms in total. The third kappa shape index (κ3) is 2.38. The quantitative estimate of drug-likeness (QED) is 0.677. The Morgan fingerprint density at radius 3 is 2.67 bits per heavy atom. The summed E-state index contributed by atoms with van der Waals surface area (Å²) in [7, 11) is 0. The van der Waals surface area contributed by atoms with E-state index in [1.165, 1.54) is 21.8 Å². The predicted molar refractivity (Wildman–Crippen MR) is 45.2 cm³/mol. The van der Waals surface area contributed by atoms with Crippen LogP contribution in [0.3, 0.4) is 0 Å². The Morgan fingerprint density at radius 1 is 1.56 bits per heavy atom. The van der Waals surface area contributed by atoms with Gasteiger partial charge in [-0.3, -0.25) is 0 Å². The molecule has 0 aromatic heterocycles. The Morgan fingerprint density at radius 2 is 2.33 bits per heavy atom. The Hall–Kier alpha value is 1.23. The average molecular weight is 309 g/mol. The third-order valence-electron chi connectivity index (χ3n) is 1.57. The molecule has 1 fully saturated rings. The van der Waals surface area contributed by atoms with Gasteiger partial charge in [0.05, 0.1) is 0 Å². The first-order valence-corrected chi connectivity index (χ1v) is 12.9. The Balaban J connectivity index is 2.37. The van der Waals surface area contributed by atoms with Gasteiger partial charge in [-0.25, -0.2) is 0 Å². The molecule has 0 aromatic carbocycles. The Labute approximate surface area is 67.3 Å². The van der Waals surface area contributed by atoms with Crippen molar-refractivity contribution in [2.24, 2.45) is 0 Å². The average Bonchev–Trinajstić information content (AvgIpc) is 1.90. The van der Waals surface area contributed by atoms with Crippen molar-refractivity contribution >= 4 is 29.1 Å². The Kier molecular flexibility index (Phi) is 3.30. The number of hydrogen-bond acceptors (Lipinski definition) is 1. The maximum absolute atomic E-state index is 5.72. The summed E-state index contributed by atoms with van der Waals surface area (Å²) in [6, 6.07) is 0. The van der Waals surface area contributed by atoms with Crippen LogP contribution in [0.4, 0.5) is 0 Å². The van der Waals surface area contributed by atoms with Crippen LogP contribution in [0.5, 0.6) is 0 Å². The zero-order chi connectivity index (χ0) is 6.74. The van der Waals surface area contributed by atoms with E-state index in [-0.39, 0.29) is 0 Å². The van der Waals surface area contributed by atoms with Gasteiger partial charge in [-0.15, -0.1) is 0 Å². The van der Waals surface area contributed by atoms with Crippen molar-refractivity contribution in [2.45, 2.75) is 28.7 Å². The zero-order valence-electron chi connectivity index (χ0n) is 5.73. The summed E-state index contributed by atoms with van der Waals surface area (Å²) < 4.78 is 8.35. The third-order valence-corrected chi connectivity index (χ3v) is 14.8. The fourth-order valence-electron chi connectivity index (χ4n) is 0.915. The van der Waals surface area contributed by atoms with Gasteiger partial charge >= 0.3 is 67.5 Å². The van der Waals surface area contributed by atoms with Gasteiger partial charge in [-0.1, -0.05) is 0 Å². The van der Waals surface area contributed by atoms with Crippen molar-refractivity contribution < 1.29 is 3.10 Å². The maximum atomic E-state index is 5.72. The van der Waals surface area contributed by atoms with Crippen molar-refractivity contribution in [1.29, 1.82) is 0 Å². The summed E-state index contributed by atoms with van der Waals surface area (Å²) >= 11 is 1.97. The van der Waals surface area contributed by atoms with Crippen molar-refractivity contribution in [3.63, 3.8) is 0 Å². The van der Waals surface area contributed by atoms with Crippen molar-refractivity contribution in [3.05, 3.63) is 0 Å². The van der Waals surface area contributed by atoms with Gasteiger partial charge in [0.1, 0.15) is 0 Å². The number of halogens is 1. The molecule has 1 aliphatic rings. The van der Waals surface area contributed by atoms with Crippen LogP contribution in [0.1, 0.15) is 19.8 Å². The second-order valence-corrected chi connectivity index (χ2v) is 17.8. The Bertz CT molecular complexity index is 91.1. The summed E-state index contributed by atoms with van der Waals surface area (Å²) in [4.78, 5) is 0. The summed E-state index contributed by atoms with van der Waals surface area (Å²) in [5.74, 6) is 0. The first kappa shape index (κ1) is 8.33. The molecule has 3 heteroatoms. The van der Waals surface area contributed by atoms with E-state index < -0.39 is 16.4 Å². The second-order valence-electron chi connectivity index (χ2n) is 2.24. The first-order valence-electron chi connectivity index (χ1n) is 3.39. The van der Waals surface area contributed by atoms with Crippen LogP contribution in [0.25, 0.3) is 0 Å². The van der Waals surface area contributed by atoms with E-state index in [1.54, 1.807) is 0 Å². The first-order chi connectivity index (χ1) is 4.27. The van der Waals surface area contributed by atoms with Crippen LogP contribution >= 0.6 is 12.8 Å². The van der Waals surface area contributed by atoms with Crippen LogP contribution in [-0.2, 0) is 3.10 Å². The topological polar surface area (TPSA) is 9.23 Å². The number of hydrogen-bond donors (Lipinski definition) is 0. The van der Waals surface area contributed by atoms with Crippen LogP contribution in [-0.4, -0.2) is 23.0 Å². The van der Waals surface area contributed by atoms with Gasteiger partial charge in [0.2, 0.25) is 0 Å². The molecule has 0 N–H and O–H groups in total. The molecule has 1 unspecified atom stereocenters. The summed E-state index contributed by atoms with van der Waals surface area (Å²) in [6.07, 6.45) is 2.67. The van der Waals surface area contributed by atoms with Gasteiger partial charge in [0.25, 0.3) is 0 Å². The predicted octanol–water partition coefficient (Wildman–Crippen LogP) is 2.65. The summed E-state index contributed by atoms with van der Waals surface area (Å²) in [5.41, 5.74) is 0. The molecule has 0 spiro atoms. The summed E-state index contributed by atoms with van der Waals surface area (Å²) in [6.45, 7) is 3.25. The second kappa shape index (κ2) is 3.57. The van der Waals surface area contributed by atoms with E-state index in [0.717, 1.165) is 6.61 Å². The van der Waals surface area contributed by atoms with Gasteiger partial charge in [0, 0.05) is 0 Å². The zero-order valence-corrected chi connectivity index (χ0v) is 9.65. The van der Waals surface area contributed by atoms with Gasteiger partial charge in [-0.05, 0) is 0 Å². The molecule has 0 amide bonds. The standard InChI is InChI=1S/C6H13BrOTe/c1-2-9(7)6-4-3-5-8-9/h2-6H2,1H3. The molecule has 1 aliphatic heterocycles. The minimum absolute atomic E-state index is 1.01. The molecule has 0 saturated carbocycles. The van der Waals surface area contributed by atoms with E-state index in [9.17, 15) is 0 Å². The molecule has 0 aliphatic carbocycles. The van der Waals surface area contributed by atoms with E-state index >= 15 is 0 Å². The normalized spacial score (nSPS) is 43.8. The molecule has 0 bridgehead atoms. The molecular formula is C6H13BrOTe. The molecule has 0 radical (unpaired) electrons. The molecule has 1 rings (SSSR count).